The summed E-state index contributed by atoms with van der Waals surface area (Å²) in [5, 5.41) is 3.40. The van der Waals surface area contributed by atoms with Crippen LogP contribution in [0, 0.1) is 0 Å². The molecule has 0 atom stereocenters. The highest BCUT2D eigenvalue weighted by atomic mass is 35.5. The first kappa shape index (κ1) is 10.0. The van der Waals surface area contributed by atoms with Crippen molar-refractivity contribution >= 4 is 22.9 Å². The van der Waals surface area contributed by atoms with Crippen molar-refractivity contribution in [3.8, 4) is 0 Å². The predicted octanol–water partition coefficient (Wildman–Crippen LogP) is 3.29. The third-order valence-corrected chi connectivity index (χ3v) is 2.65. The van der Waals surface area contributed by atoms with Gasteiger partial charge in [-0.15, -0.1) is 11.3 Å². The largest absolute Gasteiger partial charge is 0.307 e. The molecule has 0 radical (unpaired) electrons. The van der Waals surface area contributed by atoms with E-state index in [9.17, 15) is 0 Å². The van der Waals surface area contributed by atoms with Crippen molar-refractivity contribution in [3.63, 3.8) is 0 Å². The first-order valence-corrected chi connectivity index (χ1v) is 5.16. The molecule has 1 aromatic rings. The van der Waals surface area contributed by atoms with E-state index in [1.807, 2.05) is 6.07 Å². The Kier molecular flexibility index (Phi) is 3.16. The molecule has 12 heavy (non-hydrogen) atoms. The van der Waals surface area contributed by atoms with Gasteiger partial charge in [-0.05, 0) is 32.9 Å². The zero-order valence-corrected chi connectivity index (χ0v) is 9.22. The average Bonchev–Trinajstić information content (AvgIpc) is 2.30. The quantitative estimate of drug-likeness (QED) is 0.778. The maximum atomic E-state index is 5.80. The molecule has 0 unspecified atom stereocenters. The van der Waals surface area contributed by atoms with Gasteiger partial charge in [0.2, 0.25) is 0 Å². The second-order valence-electron chi connectivity index (χ2n) is 3.81. The molecule has 1 nitrogen and oxygen atoms in total. The summed E-state index contributed by atoms with van der Waals surface area (Å²) in [7, 11) is 0. The van der Waals surface area contributed by atoms with Gasteiger partial charge in [0, 0.05) is 17.0 Å². The Labute approximate surface area is 82.7 Å². The highest BCUT2D eigenvalue weighted by Crippen LogP contribution is 2.21. The summed E-state index contributed by atoms with van der Waals surface area (Å²) in [5.74, 6) is 0. The number of halogens is 1. The summed E-state index contributed by atoms with van der Waals surface area (Å²) in [4.78, 5) is 1.29. The summed E-state index contributed by atoms with van der Waals surface area (Å²) in [6, 6.07) is 4.00. The summed E-state index contributed by atoms with van der Waals surface area (Å²) in [6.45, 7) is 7.37. The van der Waals surface area contributed by atoms with Gasteiger partial charge in [0.15, 0.2) is 0 Å². The molecule has 0 aliphatic carbocycles. The van der Waals surface area contributed by atoms with Crippen LogP contribution in [-0.4, -0.2) is 5.54 Å². The van der Waals surface area contributed by atoms with Crippen LogP contribution in [-0.2, 0) is 6.54 Å². The van der Waals surface area contributed by atoms with Gasteiger partial charge in [0.05, 0.1) is 4.34 Å². The van der Waals surface area contributed by atoms with E-state index in [2.05, 4.69) is 32.2 Å². The van der Waals surface area contributed by atoms with Gasteiger partial charge in [0.1, 0.15) is 0 Å². The van der Waals surface area contributed by atoms with Crippen LogP contribution in [0.3, 0.4) is 0 Å². The van der Waals surface area contributed by atoms with Crippen molar-refractivity contribution in [1.82, 2.24) is 5.32 Å². The van der Waals surface area contributed by atoms with Gasteiger partial charge >= 0.3 is 0 Å². The molecule has 0 aromatic carbocycles. The fourth-order valence-electron chi connectivity index (χ4n) is 0.799. The second-order valence-corrected chi connectivity index (χ2v) is 5.61. The highest BCUT2D eigenvalue weighted by Gasteiger charge is 2.08. The minimum atomic E-state index is 0.177. The van der Waals surface area contributed by atoms with Crippen LogP contribution in [0.4, 0.5) is 0 Å². The molecule has 3 heteroatoms. The maximum Gasteiger partial charge on any atom is 0.0931 e. The Morgan fingerprint density at radius 2 is 2.08 bits per heavy atom. The van der Waals surface area contributed by atoms with Crippen molar-refractivity contribution in [2.75, 3.05) is 0 Å². The molecule has 68 valence electrons. The number of nitrogens with one attached hydrogen (secondary N) is 1. The fraction of sp³-hybridized carbons (Fsp3) is 0.556. The standard InChI is InChI=1S/C9H14ClNS/c1-9(2,3)11-6-7-4-5-8(10)12-7/h4-5,11H,6H2,1-3H3. The number of hydrogen-bond donors (Lipinski definition) is 1. The third-order valence-electron chi connectivity index (χ3n) is 1.42. The van der Waals surface area contributed by atoms with E-state index >= 15 is 0 Å². The number of rotatable bonds is 2. The Bertz CT molecular complexity index is 249. The molecule has 1 aromatic heterocycles. The Balaban J connectivity index is 2.44. The summed E-state index contributed by atoms with van der Waals surface area (Å²) in [6.07, 6.45) is 0. The molecule has 0 amide bonds. The topological polar surface area (TPSA) is 12.0 Å². The van der Waals surface area contributed by atoms with Crippen LogP contribution in [0.15, 0.2) is 12.1 Å². The van der Waals surface area contributed by atoms with Gasteiger partial charge in [-0.2, -0.15) is 0 Å². The monoisotopic (exact) mass is 203 g/mol. The van der Waals surface area contributed by atoms with E-state index in [1.165, 1.54) is 4.88 Å². The van der Waals surface area contributed by atoms with Gasteiger partial charge in [-0.25, -0.2) is 0 Å². The molecular weight excluding hydrogens is 190 g/mol. The van der Waals surface area contributed by atoms with Crippen molar-refractivity contribution in [1.29, 1.82) is 0 Å². The number of thiophene rings is 1. The molecule has 0 bridgehead atoms. The number of hydrogen-bond acceptors (Lipinski definition) is 2. The average molecular weight is 204 g/mol. The van der Waals surface area contributed by atoms with Gasteiger partial charge in [-0.1, -0.05) is 11.6 Å². The molecule has 0 aliphatic rings. The Hall–Kier alpha value is -0.0500. The third kappa shape index (κ3) is 3.57. The minimum Gasteiger partial charge on any atom is -0.307 e. The lowest BCUT2D eigenvalue weighted by molar-refractivity contribution is 0.426. The van der Waals surface area contributed by atoms with Crippen molar-refractivity contribution in [2.24, 2.45) is 0 Å². The summed E-state index contributed by atoms with van der Waals surface area (Å²) in [5.41, 5.74) is 0.177. The Morgan fingerprint density at radius 1 is 1.42 bits per heavy atom. The Morgan fingerprint density at radius 3 is 2.50 bits per heavy atom. The first-order valence-electron chi connectivity index (χ1n) is 3.97. The molecule has 0 saturated heterocycles. The van der Waals surface area contributed by atoms with Crippen LogP contribution < -0.4 is 5.32 Å². The fourth-order valence-corrected chi connectivity index (χ4v) is 1.83. The smallest absolute Gasteiger partial charge is 0.0931 e. The lowest BCUT2D eigenvalue weighted by Gasteiger charge is -2.19. The molecule has 0 spiro atoms. The van der Waals surface area contributed by atoms with Crippen LogP contribution in [0.2, 0.25) is 4.34 Å². The van der Waals surface area contributed by atoms with Crippen LogP contribution in [0.5, 0.6) is 0 Å². The van der Waals surface area contributed by atoms with Gasteiger partial charge in [0.25, 0.3) is 0 Å². The summed E-state index contributed by atoms with van der Waals surface area (Å²) < 4.78 is 0.862. The lowest BCUT2D eigenvalue weighted by atomic mass is 10.1. The van der Waals surface area contributed by atoms with Crippen LogP contribution in [0.25, 0.3) is 0 Å². The zero-order valence-electron chi connectivity index (χ0n) is 7.65. The minimum absolute atomic E-state index is 0.177. The first-order chi connectivity index (χ1) is 5.47. The molecule has 0 fully saturated rings. The molecule has 0 saturated carbocycles. The van der Waals surface area contributed by atoms with E-state index < -0.39 is 0 Å². The molecular formula is C9H14ClNS. The van der Waals surface area contributed by atoms with E-state index in [-0.39, 0.29) is 5.54 Å². The molecule has 0 aliphatic heterocycles. The zero-order chi connectivity index (χ0) is 9.19. The molecule has 1 heterocycles. The normalized spacial score (nSPS) is 12.0. The maximum absolute atomic E-state index is 5.80. The van der Waals surface area contributed by atoms with Crippen LogP contribution in [0.1, 0.15) is 25.6 Å². The van der Waals surface area contributed by atoms with E-state index in [4.69, 9.17) is 11.6 Å². The highest BCUT2D eigenvalue weighted by molar-refractivity contribution is 7.16. The van der Waals surface area contributed by atoms with E-state index in [0.29, 0.717) is 0 Å². The van der Waals surface area contributed by atoms with Crippen molar-refractivity contribution < 1.29 is 0 Å². The lowest BCUT2D eigenvalue weighted by Crippen LogP contribution is -2.34. The van der Waals surface area contributed by atoms with Crippen molar-refractivity contribution in [2.45, 2.75) is 32.9 Å². The van der Waals surface area contributed by atoms with Gasteiger partial charge < -0.3 is 5.32 Å². The van der Waals surface area contributed by atoms with E-state index in [0.717, 1.165) is 10.9 Å². The van der Waals surface area contributed by atoms with Crippen LogP contribution >= 0.6 is 22.9 Å². The van der Waals surface area contributed by atoms with Crippen molar-refractivity contribution in [3.05, 3.63) is 21.3 Å². The molecule has 1 N–H and O–H groups in total. The summed E-state index contributed by atoms with van der Waals surface area (Å²) >= 11 is 7.43. The SMILES string of the molecule is CC(C)(C)NCc1ccc(Cl)s1. The van der Waals surface area contributed by atoms with E-state index in [1.54, 1.807) is 11.3 Å². The molecule has 1 rings (SSSR count). The second kappa shape index (κ2) is 3.77. The predicted molar refractivity (Wildman–Crippen MR) is 55.9 cm³/mol. The van der Waals surface area contributed by atoms with Gasteiger partial charge in [-0.3, -0.25) is 0 Å².